The smallest absolute Gasteiger partial charge is 0.450 e. The highest BCUT2D eigenvalue weighted by Crippen LogP contribution is 2.29. The molecule has 9 heteroatoms. The van der Waals surface area contributed by atoms with Gasteiger partial charge >= 0.3 is 18.5 Å². The summed E-state index contributed by atoms with van der Waals surface area (Å²) in [4.78, 5) is 35.7. The Kier molecular flexibility index (Phi) is 8.45. The number of carbonyl (C=O) groups is 3. The van der Waals surface area contributed by atoms with Gasteiger partial charge in [-0.05, 0) is 70.6 Å². The predicted molar refractivity (Wildman–Crippen MR) is 103 cm³/mol. The normalized spacial score (nSPS) is 28.2. The molecule has 0 bridgehead atoms. The van der Waals surface area contributed by atoms with Crippen LogP contribution in [0.25, 0.3) is 0 Å². The molecule has 0 spiro atoms. The van der Waals surface area contributed by atoms with E-state index in [4.69, 9.17) is 28.8 Å². The summed E-state index contributed by atoms with van der Waals surface area (Å²) in [5.41, 5.74) is 0. The van der Waals surface area contributed by atoms with E-state index in [1.165, 1.54) is 0 Å². The zero-order chi connectivity index (χ0) is 21.3. The van der Waals surface area contributed by atoms with Crippen LogP contribution in [0.4, 0.5) is 14.4 Å². The zero-order valence-electron chi connectivity index (χ0n) is 17.3. The van der Waals surface area contributed by atoms with Crippen molar-refractivity contribution in [2.45, 2.75) is 114 Å². The third-order valence-corrected chi connectivity index (χ3v) is 6.07. The molecule has 1 N–H and O–H groups in total. The van der Waals surface area contributed by atoms with Gasteiger partial charge in [0.1, 0.15) is 24.4 Å². The van der Waals surface area contributed by atoms with E-state index in [1.807, 2.05) is 0 Å². The Morgan fingerprint density at radius 3 is 1.50 bits per heavy atom. The molecular weight excluding hydrogens is 396 g/mol. The second kappa shape index (κ2) is 11.3. The Hall–Kier alpha value is -2.19. The zero-order valence-corrected chi connectivity index (χ0v) is 17.3. The molecule has 3 rings (SSSR count). The lowest BCUT2D eigenvalue weighted by molar-refractivity contribution is -0.131. The number of carbonyl (C=O) groups excluding carboxylic acids is 2. The molecule has 170 valence electrons. The standard InChI is InChI=1S/C21H32O9/c22-19(23)28-16-12-7-13-17(29-20(24)26-14-8-3-1-4-9-14)18(16)30-21(25)27-15-10-5-2-6-11-15/h14-18H,1-13H2,(H,22,23). The maximum Gasteiger partial charge on any atom is 0.509 e. The molecule has 0 aromatic rings. The van der Waals surface area contributed by atoms with Crippen molar-refractivity contribution < 1.29 is 43.2 Å². The third-order valence-electron chi connectivity index (χ3n) is 6.07. The molecule has 9 nitrogen and oxygen atoms in total. The lowest BCUT2D eigenvalue weighted by Crippen LogP contribution is -2.48. The fourth-order valence-corrected chi connectivity index (χ4v) is 4.55. The lowest BCUT2D eigenvalue weighted by Gasteiger charge is -2.35. The summed E-state index contributed by atoms with van der Waals surface area (Å²) in [5, 5.41) is 9.04. The van der Waals surface area contributed by atoms with E-state index < -0.39 is 36.8 Å². The first-order valence-corrected chi connectivity index (χ1v) is 11.2. The van der Waals surface area contributed by atoms with E-state index in [0.717, 1.165) is 64.2 Å². The van der Waals surface area contributed by atoms with Crippen LogP contribution in [0.5, 0.6) is 0 Å². The molecule has 0 radical (unpaired) electrons. The van der Waals surface area contributed by atoms with Crippen LogP contribution in [-0.4, -0.2) is 54.1 Å². The fraction of sp³-hybridized carbons (Fsp3) is 0.857. The van der Waals surface area contributed by atoms with Crippen molar-refractivity contribution in [3.05, 3.63) is 0 Å². The van der Waals surface area contributed by atoms with Gasteiger partial charge in [-0.25, -0.2) is 14.4 Å². The minimum Gasteiger partial charge on any atom is -0.450 e. The van der Waals surface area contributed by atoms with Crippen LogP contribution in [0.15, 0.2) is 0 Å². The minimum absolute atomic E-state index is 0.170. The summed E-state index contributed by atoms with van der Waals surface area (Å²) >= 11 is 0. The van der Waals surface area contributed by atoms with E-state index in [-0.39, 0.29) is 12.2 Å². The quantitative estimate of drug-likeness (QED) is 0.479. The monoisotopic (exact) mass is 428 g/mol. The van der Waals surface area contributed by atoms with Gasteiger partial charge in [0.2, 0.25) is 0 Å². The minimum atomic E-state index is -1.47. The number of carboxylic acid groups (broad SMARTS) is 1. The van der Waals surface area contributed by atoms with Gasteiger partial charge in [-0.2, -0.15) is 0 Å². The average Bonchev–Trinajstić information content (AvgIpc) is 2.71. The van der Waals surface area contributed by atoms with E-state index in [9.17, 15) is 14.4 Å². The first kappa shape index (κ1) is 22.5. The van der Waals surface area contributed by atoms with E-state index in [2.05, 4.69) is 0 Å². The highest BCUT2D eigenvalue weighted by Gasteiger charge is 2.42. The van der Waals surface area contributed by atoms with Crippen LogP contribution in [0.1, 0.15) is 83.5 Å². The SMILES string of the molecule is O=C(O)OC1CCCC(OC(=O)OC2CCCCC2)C1OC(=O)OC1CCCCC1. The van der Waals surface area contributed by atoms with Gasteiger partial charge in [-0.1, -0.05) is 12.8 Å². The molecule has 3 aliphatic rings. The molecule has 3 atom stereocenters. The van der Waals surface area contributed by atoms with E-state index >= 15 is 0 Å². The van der Waals surface area contributed by atoms with Crippen LogP contribution in [0, 0.1) is 0 Å². The summed E-state index contributed by atoms with van der Waals surface area (Å²) in [6.45, 7) is 0. The van der Waals surface area contributed by atoms with Crippen molar-refractivity contribution in [3.8, 4) is 0 Å². The first-order valence-electron chi connectivity index (χ1n) is 11.2. The summed E-state index contributed by atoms with van der Waals surface area (Å²) in [7, 11) is 0. The van der Waals surface area contributed by atoms with Gasteiger partial charge in [-0.3, -0.25) is 0 Å². The summed E-state index contributed by atoms with van der Waals surface area (Å²) < 4.78 is 26.6. The first-order chi connectivity index (χ1) is 14.5. The Labute approximate surface area is 176 Å². The van der Waals surface area contributed by atoms with Crippen LogP contribution >= 0.6 is 0 Å². The largest absolute Gasteiger partial charge is 0.509 e. The molecule has 0 amide bonds. The van der Waals surface area contributed by atoms with Gasteiger partial charge in [0, 0.05) is 0 Å². The lowest BCUT2D eigenvalue weighted by atomic mass is 9.91. The van der Waals surface area contributed by atoms with Gasteiger partial charge in [-0.15, -0.1) is 0 Å². The molecule has 3 fully saturated rings. The van der Waals surface area contributed by atoms with E-state index in [1.54, 1.807) is 0 Å². The molecule has 3 unspecified atom stereocenters. The van der Waals surface area contributed by atoms with Crippen molar-refractivity contribution in [2.24, 2.45) is 0 Å². The topological polar surface area (TPSA) is 118 Å². The van der Waals surface area contributed by atoms with Crippen LogP contribution in [-0.2, 0) is 23.7 Å². The number of hydrogen-bond acceptors (Lipinski definition) is 8. The maximum atomic E-state index is 12.3. The molecule has 0 saturated heterocycles. The van der Waals surface area contributed by atoms with Crippen molar-refractivity contribution >= 4 is 18.5 Å². The van der Waals surface area contributed by atoms with Crippen LogP contribution in [0.2, 0.25) is 0 Å². The second-order valence-corrected chi connectivity index (χ2v) is 8.35. The van der Waals surface area contributed by atoms with Gasteiger partial charge in [0.05, 0.1) is 0 Å². The number of rotatable bonds is 5. The summed E-state index contributed by atoms with van der Waals surface area (Å²) in [6.07, 6.45) is 4.36. The molecule has 0 heterocycles. The van der Waals surface area contributed by atoms with Crippen molar-refractivity contribution in [2.75, 3.05) is 0 Å². The maximum absolute atomic E-state index is 12.3. The molecule has 0 aromatic carbocycles. The Balaban J connectivity index is 1.58. The predicted octanol–water partition coefficient (Wildman–Crippen LogP) is 4.94. The Morgan fingerprint density at radius 1 is 0.533 bits per heavy atom. The molecule has 0 aromatic heterocycles. The summed E-state index contributed by atoms with van der Waals surface area (Å²) in [6, 6.07) is 0. The molecule has 30 heavy (non-hydrogen) atoms. The van der Waals surface area contributed by atoms with Crippen LogP contribution in [0.3, 0.4) is 0 Å². The highest BCUT2D eigenvalue weighted by molar-refractivity contribution is 5.62. The van der Waals surface area contributed by atoms with Crippen molar-refractivity contribution in [1.29, 1.82) is 0 Å². The second-order valence-electron chi connectivity index (χ2n) is 8.35. The molecule has 3 aliphatic carbocycles. The number of ether oxygens (including phenoxy) is 5. The Morgan fingerprint density at radius 2 is 1.00 bits per heavy atom. The molecular formula is C21H32O9. The molecule has 0 aliphatic heterocycles. The fourth-order valence-electron chi connectivity index (χ4n) is 4.55. The highest BCUT2D eigenvalue weighted by atomic mass is 16.8. The molecule has 3 saturated carbocycles. The Bertz CT molecular complexity index is 581. The van der Waals surface area contributed by atoms with Crippen molar-refractivity contribution in [1.82, 2.24) is 0 Å². The van der Waals surface area contributed by atoms with Gasteiger partial charge in [0.15, 0.2) is 6.10 Å². The average molecular weight is 428 g/mol. The number of hydrogen-bond donors (Lipinski definition) is 1. The van der Waals surface area contributed by atoms with Gasteiger partial charge in [0.25, 0.3) is 0 Å². The van der Waals surface area contributed by atoms with Crippen LogP contribution < -0.4 is 0 Å². The summed E-state index contributed by atoms with van der Waals surface area (Å²) in [5.74, 6) is 0. The third kappa shape index (κ3) is 6.95. The van der Waals surface area contributed by atoms with E-state index in [0.29, 0.717) is 19.3 Å². The van der Waals surface area contributed by atoms with Gasteiger partial charge < -0.3 is 28.8 Å². The van der Waals surface area contributed by atoms with Crippen molar-refractivity contribution in [3.63, 3.8) is 0 Å².